The number of aromatic nitrogens is 2. The van der Waals surface area contributed by atoms with Gasteiger partial charge in [0.15, 0.2) is 0 Å². The maximum atomic E-state index is 8.76. The molecule has 0 fully saturated rings. The Morgan fingerprint density at radius 3 is 3.05 bits per heavy atom. The summed E-state index contributed by atoms with van der Waals surface area (Å²) >= 11 is 6.09. The zero-order valence-electron chi connectivity index (χ0n) is 10.6. The van der Waals surface area contributed by atoms with Crippen molar-refractivity contribution < 1.29 is 9.47 Å². The highest BCUT2D eigenvalue weighted by molar-refractivity contribution is 6.32. The van der Waals surface area contributed by atoms with Crippen LogP contribution in [0.4, 0.5) is 0 Å². The van der Waals surface area contributed by atoms with Crippen molar-refractivity contribution in [2.45, 2.75) is 13.3 Å². The van der Waals surface area contributed by atoms with Crippen LogP contribution in [0.2, 0.25) is 5.02 Å². The fourth-order valence-corrected chi connectivity index (χ4v) is 1.93. The third-order valence-electron chi connectivity index (χ3n) is 2.59. The first kappa shape index (κ1) is 13.7. The minimum Gasteiger partial charge on any atom is -0.474 e. The first-order valence-electron chi connectivity index (χ1n) is 6.00. The second-order valence-corrected chi connectivity index (χ2v) is 4.27. The van der Waals surface area contributed by atoms with Gasteiger partial charge in [0.1, 0.15) is 11.6 Å². The molecule has 0 atom stereocenters. The van der Waals surface area contributed by atoms with Crippen molar-refractivity contribution in [3.63, 3.8) is 0 Å². The summed E-state index contributed by atoms with van der Waals surface area (Å²) in [5.74, 6) is 0.368. The molecule has 19 heavy (non-hydrogen) atoms. The second kappa shape index (κ2) is 6.41. The van der Waals surface area contributed by atoms with E-state index in [0.29, 0.717) is 37.1 Å². The van der Waals surface area contributed by atoms with Crippen LogP contribution in [0.1, 0.15) is 12.5 Å². The van der Waals surface area contributed by atoms with Crippen LogP contribution in [0.3, 0.4) is 0 Å². The van der Waals surface area contributed by atoms with Crippen molar-refractivity contribution in [1.82, 2.24) is 9.97 Å². The zero-order chi connectivity index (χ0) is 13.7. The molecule has 2 aromatic heterocycles. The van der Waals surface area contributed by atoms with Crippen LogP contribution in [0, 0.1) is 11.3 Å². The Kier molecular flexibility index (Phi) is 4.61. The number of hydrogen-bond acceptors (Lipinski definition) is 4. The largest absolute Gasteiger partial charge is 0.474 e. The summed E-state index contributed by atoms with van der Waals surface area (Å²) in [6, 6.07) is 3.85. The van der Waals surface area contributed by atoms with Gasteiger partial charge in [0.25, 0.3) is 0 Å². The summed E-state index contributed by atoms with van der Waals surface area (Å²) in [4.78, 5) is 7.40. The van der Waals surface area contributed by atoms with E-state index in [-0.39, 0.29) is 0 Å². The molecular formula is C13H14ClN3O2. The van der Waals surface area contributed by atoms with E-state index in [1.165, 1.54) is 0 Å². The molecule has 0 saturated carbocycles. The monoisotopic (exact) mass is 279 g/mol. The highest BCUT2D eigenvalue weighted by atomic mass is 35.5. The molecule has 0 spiro atoms. The molecule has 0 amide bonds. The van der Waals surface area contributed by atoms with Crippen LogP contribution < -0.4 is 4.74 Å². The molecule has 5 nitrogen and oxygen atoms in total. The molecule has 0 radical (unpaired) electrons. The number of nitriles is 1. The molecule has 0 aliphatic heterocycles. The van der Waals surface area contributed by atoms with Crippen LogP contribution in [0.5, 0.6) is 5.88 Å². The summed E-state index contributed by atoms with van der Waals surface area (Å²) in [5, 5.41) is 9.20. The van der Waals surface area contributed by atoms with Gasteiger partial charge in [-0.3, -0.25) is 0 Å². The smallest absolute Gasteiger partial charge is 0.233 e. The van der Waals surface area contributed by atoms with Crippen LogP contribution in [-0.2, 0) is 11.2 Å². The topological polar surface area (TPSA) is 70.9 Å². The summed E-state index contributed by atoms with van der Waals surface area (Å²) in [6.07, 6.45) is 2.06. The molecule has 6 heteroatoms. The van der Waals surface area contributed by atoms with Crippen LogP contribution >= 0.6 is 11.6 Å². The van der Waals surface area contributed by atoms with Crippen molar-refractivity contribution in [1.29, 1.82) is 5.26 Å². The number of pyridine rings is 1. The Morgan fingerprint density at radius 1 is 1.47 bits per heavy atom. The average Bonchev–Trinajstić information content (AvgIpc) is 2.78. The Morgan fingerprint density at radius 2 is 2.32 bits per heavy atom. The number of H-pyrrole nitrogens is 1. The minimum atomic E-state index is 0.299. The number of nitrogens with zero attached hydrogens (tertiary/aromatic N) is 2. The van der Waals surface area contributed by atoms with Crippen molar-refractivity contribution in [2.75, 3.05) is 19.8 Å². The molecule has 100 valence electrons. The van der Waals surface area contributed by atoms with Gasteiger partial charge in [0.2, 0.25) is 5.88 Å². The molecule has 0 unspecified atom stereocenters. The molecule has 2 rings (SSSR count). The molecule has 0 saturated heterocycles. The summed E-state index contributed by atoms with van der Waals surface area (Å²) < 4.78 is 10.7. The number of aromatic amines is 1. The lowest BCUT2D eigenvalue weighted by Crippen LogP contribution is -2.07. The van der Waals surface area contributed by atoms with Gasteiger partial charge in [-0.15, -0.1) is 0 Å². The quantitative estimate of drug-likeness (QED) is 0.825. The van der Waals surface area contributed by atoms with Crippen molar-refractivity contribution in [3.05, 3.63) is 22.8 Å². The summed E-state index contributed by atoms with van der Waals surface area (Å²) in [5.41, 5.74) is 2.36. The molecule has 1 N–H and O–H groups in total. The normalized spacial score (nSPS) is 10.6. The van der Waals surface area contributed by atoms with Gasteiger partial charge < -0.3 is 14.5 Å². The average molecular weight is 280 g/mol. The molecular weight excluding hydrogens is 266 g/mol. The second-order valence-electron chi connectivity index (χ2n) is 3.87. The maximum Gasteiger partial charge on any atom is 0.233 e. The first-order chi connectivity index (χ1) is 9.26. The Bertz CT molecular complexity index is 604. The van der Waals surface area contributed by atoms with Gasteiger partial charge in [-0.2, -0.15) is 5.26 Å². The van der Waals surface area contributed by atoms with Gasteiger partial charge >= 0.3 is 0 Å². The van der Waals surface area contributed by atoms with Gasteiger partial charge in [-0.25, -0.2) is 4.98 Å². The van der Waals surface area contributed by atoms with Crippen molar-refractivity contribution in [3.8, 4) is 11.9 Å². The third-order valence-corrected chi connectivity index (χ3v) is 2.86. The number of hydrogen-bond donors (Lipinski definition) is 1. The Balaban J connectivity index is 2.21. The Hall–Kier alpha value is -1.77. The van der Waals surface area contributed by atoms with Gasteiger partial charge in [0, 0.05) is 18.4 Å². The molecule has 2 aromatic rings. The number of ether oxygens (including phenoxy) is 2. The van der Waals surface area contributed by atoms with E-state index in [1.807, 2.05) is 6.92 Å². The molecule has 0 aromatic carbocycles. The lowest BCUT2D eigenvalue weighted by atomic mass is 10.2. The van der Waals surface area contributed by atoms with E-state index in [9.17, 15) is 0 Å². The molecule has 0 aliphatic rings. The zero-order valence-corrected chi connectivity index (χ0v) is 11.3. The van der Waals surface area contributed by atoms with E-state index < -0.39 is 0 Å². The molecule has 0 aliphatic carbocycles. The van der Waals surface area contributed by atoms with Gasteiger partial charge in [-0.1, -0.05) is 11.6 Å². The first-order valence-corrected chi connectivity index (χ1v) is 6.38. The van der Waals surface area contributed by atoms with Gasteiger partial charge in [0.05, 0.1) is 30.1 Å². The van der Waals surface area contributed by atoms with Crippen molar-refractivity contribution >= 4 is 22.6 Å². The third kappa shape index (κ3) is 3.16. The highest BCUT2D eigenvalue weighted by Crippen LogP contribution is 2.28. The van der Waals surface area contributed by atoms with E-state index in [4.69, 9.17) is 26.3 Å². The van der Waals surface area contributed by atoms with E-state index >= 15 is 0 Å². The standard InChI is InChI=1S/C13H14ClN3O2/c1-2-18-5-6-19-13-10(14)7-11-12(17-13)9(3-4-15)8-16-11/h7-8,16H,2-3,5-6H2,1H3. The van der Waals surface area contributed by atoms with Crippen LogP contribution in [0.15, 0.2) is 12.3 Å². The lowest BCUT2D eigenvalue weighted by Gasteiger charge is -2.07. The lowest BCUT2D eigenvalue weighted by molar-refractivity contribution is 0.108. The minimum absolute atomic E-state index is 0.299. The van der Waals surface area contributed by atoms with E-state index in [1.54, 1.807) is 12.3 Å². The highest BCUT2D eigenvalue weighted by Gasteiger charge is 2.11. The fourth-order valence-electron chi connectivity index (χ4n) is 1.72. The SMILES string of the molecule is CCOCCOc1nc2c(CC#N)c[nH]c2cc1Cl. The number of fused-ring (bicyclic) bond motifs is 1. The number of nitrogens with one attached hydrogen (secondary N) is 1. The Labute approximate surface area is 116 Å². The van der Waals surface area contributed by atoms with E-state index in [0.717, 1.165) is 16.6 Å². The van der Waals surface area contributed by atoms with E-state index in [2.05, 4.69) is 16.0 Å². The summed E-state index contributed by atoms with van der Waals surface area (Å²) in [6.45, 7) is 3.45. The predicted octanol–water partition coefficient (Wildman–Crippen LogP) is 2.70. The molecule has 0 bridgehead atoms. The number of halogens is 1. The van der Waals surface area contributed by atoms with Crippen molar-refractivity contribution in [2.24, 2.45) is 0 Å². The number of rotatable bonds is 6. The maximum absolute atomic E-state index is 8.76. The predicted molar refractivity (Wildman–Crippen MR) is 72.4 cm³/mol. The van der Waals surface area contributed by atoms with Crippen LogP contribution in [0.25, 0.3) is 11.0 Å². The van der Waals surface area contributed by atoms with Crippen LogP contribution in [-0.4, -0.2) is 29.8 Å². The summed E-state index contributed by atoms with van der Waals surface area (Å²) in [7, 11) is 0. The molecule has 2 heterocycles. The van der Waals surface area contributed by atoms with Gasteiger partial charge in [-0.05, 0) is 13.0 Å². The fraction of sp³-hybridized carbons (Fsp3) is 0.385.